The monoisotopic (exact) mass is 386 g/mol. The van der Waals surface area contributed by atoms with Crippen LogP contribution in [0.4, 0.5) is 0 Å². The number of aliphatic carboxylic acids is 1. The van der Waals surface area contributed by atoms with Crippen molar-refractivity contribution in [2.45, 2.75) is 6.92 Å². The average Bonchev–Trinajstić information content (AvgIpc) is 2.59. The van der Waals surface area contributed by atoms with Gasteiger partial charge in [-0.3, -0.25) is 4.79 Å². The topological polar surface area (TPSA) is 113 Å². The van der Waals surface area contributed by atoms with Crippen LogP contribution >= 0.6 is 0 Å². The van der Waals surface area contributed by atoms with Gasteiger partial charge in [-0.05, 0) is 25.1 Å². The van der Waals surface area contributed by atoms with E-state index in [0.29, 0.717) is 25.3 Å². The number of sulfonamides is 1. The number of hydrogen-bond acceptors (Lipinski definition) is 6. The van der Waals surface area contributed by atoms with Crippen LogP contribution in [0.15, 0.2) is 18.2 Å². The molecule has 0 unspecified atom stereocenters. The van der Waals surface area contributed by atoms with E-state index in [1.165, 1.54) is 22.5 Å². The molecule has 0 atom stereocenters. The summed E-state index contributed by atoms with van der Waals surface area (Å²) in [6.45, 7) is 2.68. The lowest BCUT2D eigenvalue weighted by atomic mass is 10.1. The lowest BCUT2D eigenvalue weighted by Gasteiger charge is -2.33. The molecule has 1 heterocycles. The largest absolute Gasteiger partial charge is 0.490 e. The Balaban J connectivity index is 2.11. The van der Waals surface area contributed by atoms with E-state index in [2.05, 4.69) is 0 Å². The van der Waals surface area contributed by atoms with E-state index in [0.717, 1.165) is 6.26 Å². The summed E-state index contributed by atoms with van der Waals surface area (Å²) in [5, 5.41) is 8.71. The van der Waals surface area contributed by atoms with Crippen molar-refractivity contribution in [1.82, 2.24) is 9.21 Å². The van der Waals surface area contributed by atoms with Gasteiger partial charge in [0.15, 0.2) is 18.1 Å². The minimum Gasteiger partial charge on any atom is -0.490 e. The Morgan fingerprint density at radius 2 is 1.77 bits per heavy atom. The predicted octanol–water partition coefficient (Wildman–Crippen LogP) is 0.266. The highest BCUT2D eigenvalue weighted by atomic mass is 32.2. The number of piperazine rings is 1. The van der Waals surface area contributed by atoms with Gasteiger partial charge in [0.1, 0.15) is 0 Å². The number of ether oxygens (including phenoxy) is 2. The average molecular weight is 386 g/mol. The van der Waals surface area contributed by atoms with Gasteiger partial charge in [0.2, 0.25) is 10.0 Å². The fourth-order valence-electron chi connectivity index (χ4n) is 2.57. The molecule has 26 heavy (non-hydrogen) atoms. The second kappa shape index (κ2) is 8.37. The fourth-order valence-corrected chi connectivity index (χ4v) is 3.40. The van der Waals surface area contributed by atoms with Crippen LogP contribution in [-0.2, 0) is 14.8 Å². The quantitative estimate of drug-likeness (QED) is 0.715. The molecule has 10 heteroatoms. The Bertz CT molecular complexity index is 771. The third-order valence-corrected chi connectivity index (χ3v) is 5.14. The summed E-state index contributed by atoms with van der Waals surface area (Å²) in [5.41, 5.74) is 0.365. The molecule has 0 aromatic heterocycles. The second-order valence-corrected chi connectivity index (χ2v) is 7.71. The lowest BCUT2D eigenvalue weighted by molar-refractivity contribution is -0.139. The van der Waals surface area contributed by atoms with Crippen molar-refractivity contribution in [1.29, 1.82) is 0 Å². The maximum atomic E-state index is 12.7. The molecular weight excluding hydrogens is 364 g/mol. The third-order valence-electron chi connectivity index (χ3n) is 3.84. The molecule has 0 bridgehead atoms. The Hall–Kier alpha value is -2.33. The van der Waals surface area contributed by atoms with Crippen LogP contribution in [-0.4, -0.2) is 80.3 Å². The molecule has 9 nitrogen and oxygen atoms in total. The van der Waals surface area contributed by atoms with Crippen molar-refractivity contribution >= 4 is 21.9 Å². The molecule has 144 valence electrons. The summed E-state index contributed by atoms with van der Waals surface area (Å²) in [6.07, 6.45) is 1.15. The van der Waals surface area contributed by atoms with Gasteiger partial charge in [-0.1, -0.05) is 0 Å². The fraction of sp³-hybridized carbons (Fsp3) is 0.500. The Morgan fingerprint density at radius 1 is 1.12 bits per heavy atom. The molecule has 0 saturated carbocycles. The van der Waals surface area contributed by atoms with Gasteiger partial charge in [0, 0.05) is 31.7 Å². The van der Waals surface area contributed by atoms with Gasteiger partial charge in [-0.15, -0.1) is 0 Å². The van der Waals surface area contributed by atoms with Gasteiger partial charge in [-0.25, -0.2) is 13.2 Å². The van der Waals surface area contributed by atoms with Crippen LogP contribution in [0.1, 0.15) is 17.3 Å². The highest BCUT2D eigenvalue weighted by Crippen LogP contribution is 2.29. The standard InChI is InChI=1S/C16H22N2O7S/c1-3-24-14-10-12(4-5-13(14)25-11-15(19)20)16(21)17-6-8-18(9-7-17)26(2,22)23/h4-5,10H,3,6-9,11H2,1-2H3,(H,19,20). The molecule has 1 aromatic carbocycles. The Morgan fingerprint density at radius 3 is 2.31 bits per heavy atom. The first-order chi connectivity index (χ1) is 12.2. The lowest BCUT2D eigenvalue weighted by Crippen LogP contribution is -2.50. The van der Waals surface area contributed by atoms with Gasteiger partial charge >= 0.3 is 5.97 Å². The van der Waals surface area contributed by atoms with Crippen LogP contribution in [0.2, 0.25) is 0 Å². The van der Waals surface area contributed by atoms with E-state index in [-0.39, 0.29) is 30.5 Å². The molecule has 0 radical (unpaired) electrons. The summed E-state index contributed by atoms with van der Waals surface area (Å²) >= 11 is 0. The highest BCUT2D eigenvalue weighted by Gasteiger charge is 2.27. The predicted molar refractivity (Wildman–Crippen MR) is 93.1 cm³/mol. The number of amides is 1. The van der Waals surface area contributed by atoms with Crippen molar-refractivity contribution in [3.8, 4) is 11.5 Å². The zero-order valence-corrected chi connectivity index (χ0v) is 15.5. The van der Waals surface area contributed by atoms with Gasteiger partial charge < -0.3 is 19.5 Å². The molecular formula is C16H22N2O7S. The summed E-state index contributed by atoms with van der Waals surface area (Å²) in [7, 11) is -3.26. The number of hydrogen-bond donors (Lipinski definition) is 1. The van der Waals surface area contributed by atoms with Crippen molar-refractivity contribution in [3.05, 3.63) is 23.8 Å². The molecule has 1 aliphatic rings. The van der Waals surface area contributed by atoms with Crippen molar-refractivity contribution in [3.63, 3.8) is 0 Å². The SMILES string of the molecule is CCOc1cc(C(=O)N2CCN(S(C)(=O)=O)CC2)ccc1OCC(=O)O. The van der Waals surface area contributed by atoms with Gasteiger partial charge in [0.25, 0.3) is 5.91 Å². The van der Waals surface area contributed by atoms with Gasteiger partial charge in [0.05, 0.1) is 12.9 Å². The minimum atomic E-state index is -3.26. The van der Waals surface area contributed by atoms with Crippen LogP contribution in [0, 0.1) is 0 Å². The van der Waals surface area contributed by atoms with E-state index in [4.69, 9.17) is 14.6 Å². The van der Waals surface area contributed by atoms with E-state index in [9.17, 15) is 18.0 Å². The molecule has 0 spiro atoms. The van der Waals surface area contributed by atoms with Crippen LogP contribution < -0.4 is 9.47 Å². The van der Waals surface area contributed by atoms with Crippen molar-refractivity contribution in [2.24, 2.45) is 0 Å². The maximum absolute atomic E-state index is 12.7. The number of benzene rings is 1. The number of carboxylic acid groups (broad SMARTS) is 1. The normalized spacial score (nSPS) is 15.5. The summed E-state index contributed by atoms with van der Waals surface area (Å²) in [5.74, 6) is -0.831. The van der Waals surface area contributed by atoms with E-state index < -0.39 is 22.6 Å². The maximum Gasteiger partial charge on any atom is 0.341 e. The van der Waals surface area contributed by atoms with Gasteiger partial charge in [-0.2, -0.15) is 4.31 Å². The van der Waals surface area contributed by atoms with Crippen LogP contribution in [0.25, 0.3) is 0 Å². The summed E-state index contributed by atoms with van der Waals surface area (Å²) < 4.78 is 35.0. The molecule has 1 saturated heterocycles. The summed E-state index contributed by atoms with van der Waals surface area (Å²) in [6, 6.07) is 4.53. The van der Waals surface area contributed by atoms with E-state index in [1.807, 2.05) is 0 Å². The first-order valence-corrected chi connectivity index (χ1v) is 9.93. The first kappa shape index (κ1) is 20.0. The molecule has 1 aliphatic heterocycles. The number of rotatable bonds is 7. The molecule has 1 fully saturated rings. The number of carbonyl (C=O) groups is 2. The number of carboxylic acids is 1. The Kier molecular flexibility index (Phi) is 6.43. The zero-order chi connectivity index (χ0) is 19.3. The van der Waals surface area contributed by atoms with Crippen LogP contribution in [0.5, 0.6) is 11.5 Å². The molecule has 2 rings (SSSR count). The van der Waals surface area contributed by atoms with Crippen LogP contribution in [0.3, 0.4) is 0 Å². The highest BCUT2D eigenvalue weighted by molar-refractivity contribution is 7.88. The minimum absolute atomic E-state index is 0.243. The number of carbonyl (C=O) groups excluding carboxylic acids is 1. The molecule has 0 aliphatic carbocycles. The van der Waals surface area contributed by atoms with E-state index in [1.54, 1.807) is 11.8 Å². The van der Waals surface area contributed by atoms with E-state index >= 15 is 0 Å². The zero-order valence-electron chi connectivity index (χ0n) is 14.7. The third kappa shape index (κ3) is 5.09. The van der Waals surface area contributed by atoms with Crippen molar-refractivity contribution < 1.29 is 32.6 Å². The molecule has 1 amide bonds. The molecule has 1 aromatic rings. The molecule has 1 N–H and O–H groups in total. The van der Waals surface area contributed by atoms with Crippen molar-refractivity contribution in [2.75, 3.05) is 45.6 Å². The second-order valence-electron chi connectivity index (χ2n) is 5.73. The smallest absolute Gasteiger partial charge is 0.341 e. The summed E-state index contributed by atoms with van der Waals surface area (Å²) in [4.78, 5) is 24.9. The number of nitrogens with zero attached hydrogens (tertiary/aromatic N) is 2. The Labute approximate surface area is 152 Å². The first-order valence-electron chi connectivity index (χ1n) is 8.08.